The summed E-state index contributed by atoms with van der Waals surface area (Å²) >= 11 is 5.34. The number of hydrogen-bond donors (Lipinski definition) is 2. The molecular weight excluding hydrogens is 498 g/mol. The van der Waals surface area contributed by atoms with Crippen molar-refractivity contribution in [2.45, 2.75) is 18.7 Å². The van der Waals surface area contributed by atoms with Crippen LogP contribution in [-0.2, 0) is 14.8 Å². The van der Waals surface area contributed by atoms with Gasteiger partial charge in [-0.25, -0.2) is 8.42 Å². The lowest BCUT2D eigenvalue weighted by Gasteiger charge is -2.26. The molecule has 2 N–H and O–H groups in total. The average molecular weight is 528 g/mol. The molecule has 2 aromatic carbocycles. The summed E-state index contributed by atoms with van der Waals surface area (Å²) in [4.78, 5) is 0.263. The van der Waals surface area contributed by atoms with Crippen molar-refractivity contribution >= 4 is 39.3 Å². The number of aromatic nitrogens is 1. The summed E-state index contributed by atoms with van der Waals surface area (Å²) < 4.78 is 40.4. The van der Waals surface area contributed by atoms with Crippen LogP contribution in [0.1, 0.15) is 17.0 Å². The third-order valence-electron chi connectivity index (χ3n) is 5.88. The SMILES string of the molecule is COc1ccccc1NC(=S)N/N=C/c1cc(C)n(-c2cccc(S(=O)(=O)N3CCOCC3)c2)c1C. The number of para-hydroxylation sites is 2. The molecular formula is C25H29N5O4S2. The molecule has 4 rings (SSSR count). The first-order valence-corrected chi connectivity index (χ1v) is 13.3. The number of nitrogens with zero attached hydrogens (tertiary/aromatic N) is 3. The Hall–Kier alpha value is -3.25. The highest BCUT2D eigenvalue weighted by atomic mass is 32.2. The normalized spacial score (nSPS) is 14.6. The Morgan fingerprint density at radius 2 is 1.86 bits per heavy atom. The van der Waals surface area contributed by atoms with Crippen LogP contribution in [0.4, 0.5) is 5.69 Å². The number of methoxy groups -OCH3 is 1. The Morgan fingerprint density at radius 1 is 1.11 bits per heavy atom. The van der Waals surface area contributed by atoms with Gasteiger partial charge in [0.05, 0.1) is 37.1 Å². The Labute approximate surface area is 216 Å². The number of rotatable bonds is 7. The topological polar surface area (TPSA) is 97.2 Å². The fraction of sp³-hybridized carbons (Fsp3) is 0.280. The summed E-state index contributed by atoms with van der Waals surface area (Å²) in [6.45, 7) is 5.45. The Morgan fingerprint density at radius 3 is 2.61 bits per heavy atom. The highest BCUT2D eigenvalue weighted by Gasteiger charge is 2.26. The lowest BCUT2D eigenvalue weighted by Crippen LogP contribution is -2.40. The summed E-state index contributed by atoms with van der Waals surface area (Å²) in [7, 11) is -2.00. The van der Waals surface area contributed by atoms with E-state index in [9.17, 15) is 8.42 Å². The predicted octanol–water partition coefficient (Wildman–Crippen LogP) is 3.44. The van der Waals surface area contributed by atoms with Gasteiger partial charge >= 0.3 is 0 Å². The van der Waals surface area contributed by atoms with Gasteiger partial charge < -0.3 is 19.4 Å². The molecule has 0 unspecified atom stereocenters. The molecule has 0 atom stereocenters. The Kier molecular flexibility index (Phi) is 8.04. The van der Waals surface area contributed by atoms with Gasteiger partial charge in [-0.15, -0.1) is 0 Å². The average Bonchev–Trinajstić information content (AvgIpc) is 3.17. The number of aryl methyl sites for hydroxylation is 1. The van der Waals surface area contributed by atoms with Crippen molar-refractivity contribution in [1.29, 1.82) is 0 Å². The van der Waals surface area contributed by atoms with Crippen LogP contribution in [0.3, 0.4) is 0 Å². The Balaban J connectivity index is 1.50. The third-order valence-corrected chi connectivity index (χ3v) is 7.97. The number of thiocarbonyl (C=S) groups is 1. The zero-order chi connectivity index (χ0) is 25.7. The number of nitrogens with one attached hydrogen (secondary N) is 2. The Bertz CT molecular complexity index is 1380. The van der Waals surface area contributed by atoms with E-state index in [4.69, 9.17) is 21.7 Å². The molecule has 190 valence electrons. The largest absolute Gasteiger partial charge is 0.495 e. The fourth-order valence-electron chi connectivity index (χ4n) is 4.09. The van der Waals surface area contributed by atoms with Crippen LogP contribution >= 0.6 is 12.2 Å². The molecule has 0 amide bonds. The summed E-state index contributed by atoms with van der Waals surface area (Å²) in [5.41, 5.74) is 7.06. The zero-order valence-electron chi connectivity index (χ0n) is 20.4. The van der Waals surface area contributed by atoms with E-state index in [0.29, 0.717) is 37.2 Å². The maximum atomic E-state index is 13.1. The van der Waals surface area contributed by atoms with E-state index in [1.54, 1.807) is 31.5 Å². The van der Waals surface area contributed by atoms with Crippen LogP contribution in [0.15, 0.2) is 64.6 Å². The lowest BCUT2D eigenvalue weighted by atomic mass is 10.2. The molecule has 9 nitrogen and oxygen atoms in total. The second kappa shape index (κ2) is 11.2. The van der Waals surface area contributed by atoms with Crippen molar-refractivity contribution in [3.63, 3.8) is 0 Å². The van der Waals surface area contributed by atoms with Crippen LogP contribution in [0.5, 0.6) is 5.75 Å². The maximum Gasteiger partial charge on any atom is 0.243 e. The standard InChI is InChI=1S/C25H29N5O4S2/c1-18-15-20(17-26-28-25(35)27-23-9-4-5-10-24(23)33-3)19(2)30(18)21-7-6-8-22(16-21)36(31,32)29-11-13-34-14-12-29/h4-10,15-17H,11-14H2,1-3H3,(H2,27,28,35)/b26-17+. The lowest BCUT2D eigenvalue weighted by molar-refractivity contribution is 0.0730. The fourth-order valence-corrected chi connectivity index (χ4v) is 5.70. The van der Waals surface area contributed by atoms with Crippen molar-refractivity contribution in [2.24, 2.45) is 5.10 Å². The van der Waals surface area contributed by atoms with Crippen molar-refractivity contribution in [3.05, 3.63) is 71.5 Å². The van der Waals surface area contributed by atoms with E-state index >= 15 is 0 Å². The molecule has 1 aliphatic heterocycles. The molecule has 1 aromatic heterocycles. The molecule has 2 heterocycles. The van der Waals surface area contributed by atoms with Crippen LogP contribution in [0.25, 0.3) is 5.69 Å². The van der Waals surface area contributed by atoms with Crippen molar-refractivity contribution in [3.8, 4) is 11.4 Å². The summed E-state index contributed by atoms with van der Waals surface area (Å²) in [5, 5.41) is 7.66. The first kappa shape index (κ1) is 25.8. The van der Waals surface area contributed by atoms with Crippen molar-refractivity contribution in [2.75, 3.05) is 38.7 Å². The second-order valence-corrected chi connectivity index (χ2v) is 10.5. The van der Waals surface area contributed by atoms with Crippen LogP contribution in [0.2, 0.25) is 0 Å². The monoisotopic (exact) mass is 527 g/mol. The molecule has 1 saturated heterocycles. The van der Waals surface area contributed by atoms with Crippen LogP contribution in [0, 0.1) is 13.8 Å². The molecule has 36 heavy (non-hydrogen) atoms. The van der Waals surface area contributed by atoms with E-state index in [1.165, 1.54) is 4.31 Å². The van der Waals surface area contributed by atoms with E-state index < -0.39 is 10.0 Å². The number of benzene rings is 2. The molecule has 0 radical (unpaired) electrons. The number of morpholine rings is 1. The van der Waals surface area contributed by atoms with Crippen molar-refractivity contribution in [1.82, 2.24) is 14.3 Å². The van der Waals surface area contributed by atoms with Gasteiger partial charge in [-0.3, -0.25) is 5.43 Å². The van der Waals surface area contributed by atoms with E-state index in [-0.39, 0.29) is 4.90 Å². The summed E-state index contributed by atoms with van der Waals surface area (Å²) in [5.74, 6) is 0.673. The maximum absolute atomic E-state index is 13.1. The third kappa shape index (κ3) is 5.59. The predicted molar refractivity (Wildman–Crippen MR) is 145 cm³/mol. The minimum Gasteiger partial charge on any atom is -0.495 e. The van der Waals surface area contributed by atoms with Gasteiger partial charge in [-0.2, -0.15) is 9.41 Å². The second-order valence-electron chi connectivity index (χ2n) is 8.20. The van der Waals surface area contributed by atoms with E-state index in [1.807, 2.05) is 54.8 Å². The van der Waals surface area contributed by atoms with Crippen LogP contribution in [-0.4, -0.2) is 62.0 Å². The van der Waals surface area contributed by atoms with Gasteiger partial charge in [-0.1, -0.05) is 18.2 Å². The molecule has 11 heteroatoms. The molecule has 0 saturated carbocycles. The quantitative estimate of drug-likeness (QED) is 0.276. The van der Waals surface area contributed by atoms with Gasteiger partial charge in [0.2, 0.25) is 10.0 Å². The van der Waals surface area contributed by atoms with Crippen LogP contribution < -0.4 is 15.5 Å². The van der Waals surface area contributed by atoms with Gasteiger partial charge in [0.25, 0.3) is 0 Å². The smallest absolute Gasteiger partial charge is 0.243 e. The summed E-state index contributed by atoms with van der Waals surface area (Å²) in [6, 6.07) is 16.4. The minimum absolute atomic E-state index is 0.263. The highest BCUT2D eigenvalue weighted by molar-refractivity contribution is 7.89. The molecule has 0 aliphatic carbocycles. The van der Waals surface area contributed by atoms with Crippen molar-refractivity contribution < 1.29 is 17.9 Å². The van der Waals surface area contributed by atoms with Gasteiger partial charge in [0, 0.05) is 35.7 Å². The van der Waals surface area contributed by atoms with Gasteiger partial charge in [0.15, 0.2) is 5.11 Å². The number of ether oxygens (including phenoxy) is 2. The van der Waals surface area contributed by atoms with E-state index in [0.717, 1.165) is 28.3 Å². The highest BCUT2D eigenvalue weighted by Crippen LogP contribution is 2.25. The molecule has 1 aliphatic rings. The molecule has 0 bridgehead atoms. The number of anilines is 1. The zero-order valence-corrected chi connectivity index (χ0v) is 22.0. The molecule has 0 spiro atoms. The first-order valence-electron chi connectivity index (χ1n) is 11.4. The first-order chi connectivity index (χ1) is 17.3. The molecule has 1 fully saturated rings. The van der Waals surface area contributed by atoms with Gasteiger partial charge in [-0.05, 0) is 62.5 Å². The summed E-state index contributed by atoms with van der Waals surface area (Å²) in [6.07, 6.45) is 1.68. The number of hydrazone groups is 1. The minimum atomic E-state index is -3.59. The van der Waals surface area contributed by atoms with Gasteiger partial charge in [0.1, 0.15) is 5.75 Å². The van der Waals surface area contributed by atoms with E-state index in [2.05, 4.69) is 15.8 Å². The molecule has 3 aromatic rings. The number of hydrogen-bond acceptors (Lipinski definition) is 6. The number of sulfonamides is 1.